The van der Waals surface area contributed by atoms with Gasteiger partial charge in [0.2, 0.25) is 5.96 Å². The predicted octanol–water partition coefficient (Wildman–Crippen LogP) is 1.46. The zero-order valence-corrected chi connectivity index (χ0v) is 10.3. The molecule has 0 radical (unpaired) electrons. The summed E-state index contributed by atoms with van der Waals surface area (Å²) in [7, 11) is 0. The molecule has 0 aliphatic carbocycles. The molecule has 0 fully saturated rings. The first-order chi connectivity index (χ1) is 6.13. The minimum atomic E-state index is 0.193. The van der Waals surface area contributed by atoms with Gasteiger partial charge in [-0.15, -0.1) is 0 Å². The van der Waals surface area contributed by atoms with Crippen LogP contribution in [0.2, 0.25) is 0 Å². The quantitative estimate of drug-likeness (QED) is 0.235. The fraction of sp³-hybridized carbons (Fsp3) is 0. The van der Waals surface area contributed by atoms with Gasteiger partial charge in [-0.25, -0.2) is 10.8 Å². The molecule has 0 heterocycles. The summed E-state index contributed by atoms with van der Waals surface area (Å²) in [4.78, 5) is 4.01. The molecule has 0 aromatic heterocycles. The Hall–Kier alpha value is -0.340. The molecule has 0 amide bonds. The molecule has 0 spiro atoms. The lowest BCUT2D eigenvalue weighted by molar-refractivity contribution is 1.01. The number of hydrogen-bond acceptors (Lipinski definition) is 2. The molecular weight excluding hydrogens is 347 g/mol. The predicted molar refractivity (Wildman–Crippen MR) is 65.5 cm³/mol. The average molecular weight is 355 g/mol. The standard InChI is InChI=1S/C7H8BrIN4/c8-5-2-1-4(3-6(5)9)12-7(10)13-11/h1-3H,11H2,(H3,10,12,13). The van der Waals surface area contributed by atoms with Crippen LogP contribution in [0.4, 0.5) is 5.69 Å². The van der Waals surface area contributed by atoms with Crippen molar-refractivity contribution in [3.05, 3.63) is 26.2 Å². The van der Waals surface area contributed by atoms with Gasteiger partial charge in [-0.3, -0.25) is 5.43 Å². The van der Waals surface area contributed by atoms with Crippen molar-refractivity contribution in [2.75, 3.05) is 0 Å². The monoisotopic (exact) mass is 354 g/mol. The van der Waals surface area contributed by atoms with Crippen LogP contribution < -0.4 is 17.0 Å². The van der Waals surface area contributed by atoms with Crippen molar-refractivity contribution in [2.45, 2.75) is 0 Å². The number of nitrogens with zero attached hydrogens (tertiary/aromatic N) is 1. The van der Waals surface area contributed by atoms with Crippen LogP contribution in [-0.4, -0.2) is 5.96 Å². The van der Waals surface area contributed by atoms with Crippen LogP contribution in [0.5, 0.6) is 0 Å². The lowest BCUT2D eigenvalue weighted by Crippen LogP contribution is -2.36. The minimum absolute atomic E-state index is 0.193. The molecular formula is C7H8BrIN4. The van der Waals surface area contributed by atoms with E-state index in [1.54, 1.807) is 0 Å². The molecule has 5 N–H and O–H groups in total. The maximum Gasteiger partial charge on any atom is 0.208 e. The maximum absolute atomic E-state index is 5.39. The van der Waals surface area contributed by atoms with Crippen LogP contribution in [0.1, 0.15) is 0 Å². The van der Waals surface area contributed by atoms with E-state index in [1.807, 2.05) is 18.2 Å². The molecule has 1 aromatic carbocycles. The van der Waals surface area contributed by atoms with E-state index in [1.165, 1.54) is 0 Å². The van der Waals surface area contributed by atoms with E-state index in [0.717, 1.165) is 13.7 Å². The van der Waals surface area contributed by atoms with Gasteiger partial charge in [-0.1, -0.05) is 0 Å². The lowest BCUT2D eigenvalue weighted by atomic mass is 10.3. The number of nitrogens with two attached hydrogens (primary N) is 2. The molecule has 0 bridgehead atoms. The number of aliphatic imine (C=N–C) groups is 1. The average Bonchev–Trinajstić information content (AvgIpc) is 2.11. The number of rotatable bonds is 1. The highest BCUT2D eigenvalue weighted by Gasteiger charge is 1.97. The van der Waals surface area contributed by atoms with Crippen LogP contribution in [0.3, 0.4) is 0 Å². The lowest BCUT2D eigenvalue weighted by Gasteiger charge is -2.00. The normalized spacial score (nSPS) is 11.5. The fourth-order valence-electron chi connectivity index (χ4n) is 0.726. The fourth-order valence-corrected chi connectivity index (χ4v) is 1.47. The third-order valence-corrected chi connectivity index (χ3v) is 3.63. The number of nitrogens with one attached hydrogen (secondary N) is 1. The molecule has 0 unspecified atom stereocenters. The summed E-state index contributed by atoms with van der Waals surface area (Å²) in [6.45, 7) is 0. The number of benzene rings is 1. The van der Waals surface area contributed by atoms with Crippen LogP contribution in [0.15, 0.2) is 27.7 Å². The molecule has 0 saturated heterocycles. The molecule has 1 aromatic rings. The van der Waals surface area contributed by atoms with Crippen molar-refractivity contribution in [1.82, 2.24) is 5.43 Å². The van der Waals surface area contributed by atoms with Crippen LogP contribution in [0.25, 0.3) is 0 Å². The highest BCUT2D eigenvalue weighted by Crippen LogP contribution is 2.23. The molecule has 0 aliphatic rings. The first-order valence-electron chi connectivity index (χ1n) is 3.39. The second-order valence-corrected chi connectivity index (χ2v) is 4.26. The van der Waals surface area contributed by atoms with Crippen molar-refractivity contribution in [3.63, 3.8) is 0 Å². The smallest absolute Gasteiger partial charge is 0.208 e. The minimum Gasteiger partial charge on any atom is -0.369 e. The largest absolute Gasteiger partial charge is 0.369 e. The Morgan fingerprint density at radius 1 is 1.54 bits per heavy atom. The molecule has 70 valence electrons. The zero-order chi connectivity index (χ0) is 9.84. The Bertz CT molecular complexity index is 339. The molecule has 13 heavy (non-hydrogen) atoms. The van der Waals surface area contributed by atoms with Gasteiger partial charge >= 0.3 is 0 Å². The summed E-state index contributed by atoms with van der Waals surface area (Å²) in [6.07, 6.45) is 0. The Balaban J connectivity index is 2.98. The highest BCUT2D eigenvalue weighted by molar-refractivity contribution is 14.1. The van der Waals surface area contributed by atoms with E-state index in [0.29, 0.717) is 0 Å². The van der Waals surface area contributed by atoms with E-state index < -0.39 is 0 Å². The number of hydrogen-bond donors (Lipinski definition) is 3. The van der Waals surface area contributed by atoms with Gasteiger partial charge in [-0.2, -0.15) is 0 Å². The van der Waals surface area contributed by atoms with Gasteiger partial charge in [0.05, 0.1) is 5.69 Å². The van der Waals surface area contributed by atoms with E-state index >= 15 is 0 Å². The second-order valence-electron chi connectivity index (χ2n) is 2.24. The molecule has 0 saturated carbocycles. The van der Waals surface area contributed by atoms with Crippen molar-refractivity contribution < 1.29 is 0 Å². The summed E-state index contributed by atoms with van der Waals surface area (Å²) >= 11 is 5.59. The van der Waals surface area contributed by atoms with Gasteiger partial charge in [0, 0.05) is 8.04 Å². The van der Waals surface area contributed by atoms with Crippen LogP contribution in [0, 0.1) is 3.57 Å². The van der Waals surface area contributed by atoms with Gasteiger partial charge in [-0.05, 0) is 56.7 Å². The summed E-state index contributed by atoms with van der Waals surface area (Å²) in [5.41, 5.74) is 8.42. The van der Waals surface area contributed by atoms with Crippen LogP contribution >= 0.6 is 38.5 Å². The summed E-state index contributed by atoms with van der Waals surface area (Å²) in [6, 6.07) is 5.65. The number of hydrazine groups is 1. The van der Waals surface area contributed by atoms with Gasteiger partial charge in [0.1, 0.15) is 0 Å². The third kappa shape index (κ3) is 3.12. The van der Waals surface area contributed by atoms with E-state index in [9.17, 15) is 0 Å². The van der Waals surface area contributed by atoms with Crippen molar-refractivity contribution >= 4 is 50.2 Å². The number of halogens is 2. The number of guanidine groups is 1. The molecule has 6 heteroatoms. The molecule has 1 rings (SSSR count). The van der Waals surface area contributed by atoms with E-state index in [2.05, 4.69) is 48.9 Å². The van der Waals surface area contributed by atoms with Gasteiger partial charge < -0.3 is 5.73 Å². The first kappa shape index (κ1) is 10.7. The summed E-state index contributed by atoms with van der Waals surface area (Å²) < 4.78 is 2.11. The first-order valence-corrected chi connectivity index (χ1v) is 5.26. The maximum atomic E-state index is 5.39. The Morgan fingerprint density at radius 2 is 2.23 bits per heavy atom. The molecule has 0 aliphatic heterocycles. The Morgan fingerprint density at radius 3 is 2.77 bits per heavy atom. The van der Waals surface area contributed by atoms with E-state index in [4.69, 9.17) is 11.6 Å². The summed E-state index contributed by atoms with van der Waals surface area (Å²) in [5, 5.41) is 0. The topological polar surface area (TPSA) is 76.4 Å². The molecule has 4 nitrogen and oxygen atoms in total. The van der Waals surface area contributed by atoms with Gasteiger partial charge in [0.25, 0.3) is 0 Å². The van der Waals surface area contributed by atoms with Gasteiger partial charge in [0.15, 0.2) is 0 Å². The van der Waals surface area contributed by atoms with Crippen molar-refractivity contribution in [2.24, 2.45) is 16.6 Å². The SMILES string of the molecule is NNC(N)=Nc1ccc(Br)c(I)c1. The highest BCUT2D eigenvalue weighted by atomic mass is 127. The summed E-state index contributed by atoms with van der Waals surface area (Å²) in [5.74, 6) is 5.26. The van der Waals surface area contributed by atoms with Crippen molar-refractivity contribution in [3.8, 4) is 0 Å². The van der Waals surface area contributed by atoms with E-state index in [-0.39, 0.29) is 5.96 Å². The molecule has 0 atom stereocenters. The van der Waals surface area contributed by atoms with Crippen LogP contribution in [-0.2, 0) is 0 Å². The zero-order valence-electron chi connectivity index (χ0n) is 6.59. The Kier molecular flexibility index (Phi) is 3.94. The third-order valence-electron chi connectivity index (χ3n) is 1.30. The Labute approximate surface area is 98.0 Å². The van der Waals surface area contributed by atoms with Crippen molar-refractivity contribution in [1.29, 1.82) is 0 Å². The second kappa shape index (κ2) is 4.77.